The highest BCUT2D eigenvalue weighted by Crippen LogP contribution is 2.17. The van der Waals surface area contributed by atoms with Crippen LogP contribution in [0.4, 0.5) is 11.4 Å². The Morgan fingerprint density at radius 3 is 2.65 bits per heavy atom. The van der Waals surface area contributed by atoms with Crippen molar-refractivity contribution in [3.63, 3.8) is 0 Å². The average molecular weight is 278 g/mol. The maximum atomic E-state index is 11.7. The maximum absolute atomic E-state index is 11.7. The third-order valence-corrected chi connectivity index (χ3v) is 2.16. The summed E-state index contributed by atoms with van der Waals surface area (Å²) in [4.78, 5) is 32.4. The van der Waals surface area contributed by atoms with E-state index in [0.29, 0.717) is 11.4 Å². The number of nitro benzene ring substituents is 1. The van der Waals surface area contributed by atoms with Crippen LogP contribution in [0.1, 0.15) is 20.3 Å². The van der Waals surface area contributed by atoms with Gasteiger partial charge >= 0.3 is 0 Å². The molecule has 0 bridgehead atoms. The van der Waals surface area contributed by atoms with Crippen LogP contribution in [0.25, 0.3) is 0 Å². The first-order chi connectivity index (χ1) is 9.38. The van der Waals surface area contributed by atoms with Gasteiger partial charge in [-0.25, -0.2) is 5.43 Å². The minimum absolute atomic E-state index is 0.0248. The van der Waals surface area contributed by atoms with Crippen LogP contribution in [0.2, 0.25) is 0 Å². The van der Waals surface area contributed by atoms with Gasteiger partial charge in [0.25, 0.3) is 5.69 Å². The molecular weight excluding hydrogens is 264 g/mol. The van der Waals surface area contributed by atoms with E-state index >= 15 is 0 Å². The summed E-state index contributed by atoms with van der Waals surface area (Å²) >= 11 is 0. The molecule has 106 valence electrons. The van der Waals surface area contributed by atoms with E-state index in [-0.39, 0.29) is 23.9 Å². The van der Waals surface area contributed by atoms with Crippen molar-refractivity contribution in [1.29, 1.82) is 0 Å². The summed E-state index contributed by atoms with van der Waals surface area (Å²) in [5.74, 6) is -0.708. The average Bonchev–Trinajstić information content (AvgIpc) is 2.36. The first kappa shape index (κ1) is 15.3. The molecule has 2 amide bonds. The molecule has 0 aromatic heterocycles. The second kappa shape index (κ2) is 6.98. The molecule has 0 heterocycles. The number of hydrogen-bond acceptors (Lipinski definition) is 5. The molecule has 1 rings (SSSR count). The highest BCUT2D eigenvalue weighted by Gasteiger charge is 2.09. The van der Waals surface area contributed by atoms with Gasteiger partial charge in [0.05, 0.1) is 11.3 Å². The maximum Gasteiger partial charge on any atom is 0.271 e. The Balaban J connectivity index is 2.62. The van der Waals surface area contributed by atoms with Crippen LogP contribution in [0.3, 0.4) is 0 Å². The molecule has 0 spiro atoms. The van der Waals surface area contributed by atoms with E-state index in [0.717, 1.165) is 0 Å². The molecule has 0 aliphatic heterocycles. The topological polar surface area (TPSA) is 114 Å². The molecule has 0 fully saturated rings. The molecule has 20 heavy (non-hydrogen) atoms. The third kappa shape index (κ3) is 5.25. The minimum Gasteiger partial charge on any atom is -0.326 e. The zero-order chi connectivity index (χ0) is 15.1. The van der Waals surface area contributed by atoms with Crippen LogP contribution in [-0.4, -0.2) is 22.4 Å². The van der Waals surface area contributed by atoms with Gasteiger partial charge < -0.3 is 5.32 Å². The third-order valence-electron chi connectivity index (χ3n) is 2.16. The number of benzene rings is 1. The molecule has 1 aromatic carbocycles. The number of amides is 2. The molecular formula is C12H14N4O4. The molecule has 0 unspecified atom stereocenters. The Morgan fingerprint density at radius 1 is 1.35 bits per heavy atom. The Hall–Kier alpha value is -2.77. The van der Waals surface area contributed by atoms with Crippen LogP contribution in [0, 0.1) is 10.1 Å². The molecule has 0 aliphatic rings. The van der Waals surface area contributed by atoms with Crippen LogP contribution in [0.15, 0.2) is 29.4 Å². The number of hydrogen-bond donors (Lipinski definition) is 2. The summed E-state index contributed by atoms with van der Waals surface area (Å²) in [5.41, 5.74) is 2.86. The zero-order valence-electron chi connectivity index (χ0n) is 11.0. The number of hydrazone groups is 1. The molecule has 0 saturated heterocycles. The van der Waals surface area contributed by atoms with Gasteiger partial charge in [-0.2, -0.15) is 5.10 Å². The van der Waals surface area contributed by atoms with Crippen molar-refractivity contribution in [2.75, 3.05) is 5.32 Å². The van der Waals surface area contributed by atoms with E-state index in [2.05, 4.69) is 15.8 Å². The summed E-state index contributed by atoms with van der Waals surface area (Å²) in [7, 11) is 0. The van der Waals surface area contributed by atoms with Crippen molar-refractivity contribution < 1.29 is 14.5 Å². The lowest BCUT2D eigenvalue weighted by Gasteiger charge is -2.05. The van der Waals surface area contributed by atoms with E-state index in [9.17, 15) is 19.7 Å². The summed E-state index contributed by atoms with van der Waals surface area (Å²) < 4.78 is 0. The summed E-state index contributed by atoms with van der Waals surface area (Å²) in [5, 5.41) is 16.8. The Bertz CT molecular complexity index is 568. The molecule has 0 aliphatic carbocycles. The van der Waals surface area contributed by atoms with Crippen molar-refractivity contribution >= 4 is 28.9 Å². The van der Waals surface area contributed by atoms with Crippen LogP contribution < -0.4 is 10.7 Å². The van der Waals surface area contributed by atoms with E-state index in [4.69, 9.17) is 0 Å². The second-order valence-corrected chi connectivity index (χ2v) is 4.05. The molecule has 8 heteroatoms. The largest absolute Gasteiger partial charge is 0.326 e. The van der Waals surface area contributed by atoms with Crippen molar-refractivity contribution in [3.8, 4) is 0 Å². The van der Waals surface area contributed by atoms with Crippen molar-refractivity contribution in [2.45, 2.75) is 20.3 Å². The Morgan fingerprint density at radius 2 is 2.05 bits per heavy atom. The first-order valence-electron chi connectivity index (χ1n) is 5.72. The number of non-ortho nitro benzene ring substituents is 1. The minimum atomic E-state index is -0.543. The fraction of sp³-hybridized carbons (Fsp3) is 0.250. The summed E-state index contributed by atoms with van der Waals surface area (Å²) in [6, 6.07) is 5.62. The normalized spacial score (nSPS) is 10.8. The second-order valence-electron chi connectivity index (χ2n) is 4.05. The van der Waals surface area contributed by atoms with Crippen LogP contribution in [0.5, 0.6) is 0 Å². The lowest BCUT2D eigenvalue weighted by Crippen LogP contribution is -2.19. The van der Waals surface area contributed by atoms with E-state index in [1.54, 1.807) is 13.0 Å². The molecule has 0 atom stereocenters. The lowest BCUT2D eigenvalue weighted by atomic mass is 10.2. The van der Waals surface area contributed by atoms with Gasteiger partial charge in [-0.05, 0) is 13.0 Å². The summed E-state index contributed by atoms with van der Waals surface area (Å²) in [6.45, 7) is 2.89. The van der Waals surface area contributed by atoms with Crippen molar-refractivity contribution in [2.24, 2.45) is 5.10 Å². The van der Waals surface area contributed by atoms with Crippen LogP contribution >= 0.6 is 0 Å². The fourth-order valence-electron chi connectivity index (χ4n) is 1.35. The van der Waals surface area contributed by atoms with Gasteiger partial charge in [-0.3, -0.25) is 19.7 Å². The Labute approximate surface area is 115 Å². The Kier molecular flexibility index (Phi) is 5.33. The van der Waals surface area contributed by atoms with Gasteiger partial charge in [0.15, 0.2) is 0 Å². The molecule has 1 aromatic rings. The van der Waals surface area contributed by atoms with Gasteiger partial charge in [-0.1, -0.05) is 6.07 Å². The van der Waals surface area contributed by atoms with E-state index in [1.165, 1.54) is 25.1 Å². The van der Waals surface area contributed by atoms with Crippen LogP contribution in [-0.2, 0) is 9.59 Å². The van der Waals surface area contributed by atoms with Gasteiger partial charge in [0, 0.05) is 30.5 Å². The van der Waals surface area contributed by atoms with Gasteiger partial charge in [-0.15, -0.1) is 0 Å². The van der Waals surface area contributed by atoms with Gasteiger partial charge in [0.1, 0.15) is 0 Å². The summed E-state index contributed by atoms with van der Waals surface area (Å²) in [6.07, 6.45) is -0.0248. The monoisotopic (exact) mass is 278 g/mol. The smallest absolute Gasteiger partial charge is 0.271 e. The lowest BCUT2D eigenvalue weighted by molar-refractivity contribution is -0.384. The zero-order valence-corrected chi connectivity index (χ0v) is 11.0. The van der Waals surface area contributed by atoms with Gasteiger partial charge in [0.2, 0.25) is 11.8 Å². The predicted molar refractivity (Wildman–Crippen MR) is 73.3 cm³/mol. The predicted octanol–water partition coefficient (Wildman–Crippen LogP) is 1.44. The number of anilines is 1. The number of rotatable bonds is 5. The highest BCUT2D eigenvalue weighted by atomic mass is 16.6. The van der Waals surface area contributed by atoms with Crippen molar-refractivity contribution in [3.05, 3.63) is 34.4 Å². The SMILES string of the molecule is CC(=O)N/N=C(/C)CC(=O)Nc1cccc([N+](=O)[O-])c1. The van der Waals surface area contributed by atoms with Crippen molar-refractivity contribution in [1.82, 2.24) is 5.43 Å². The molecule has 2 N–H and O–H groups in total. The number of nitrogens with one attached hydrogen (secondary N) is 2. The first-order valence-corrected chi connectivity index (χ1v) is 5.72. The molecule has 0 radical (unpaired) electrons. The molecule has 0 saturated carbocycles. The highest BCUT2D eigenvalue weighted by molar-refractivity contribution is 6.05. The van der Waals surface area contributed by atoms with E-state index < -0.39 is 4.92 Å². The fourth-order valence-corrected chi connectivity index (χ4v) is 1.35. The molecule has 8 nitrogen and oxygen atoms in total. The quantitative estimate of drug-likeness (QED) is 0.481. The standard InChI is InChI=1S/C12H14N4O4/c1-8(14-15-9(2)17)6-12(18)13-10-4-3-5-11(7-10)16(19)20/h3-5,7H,6H2,1-2H3,(H,13,18)(H,15,17)/b14-8-. The van der Waals surface area contributed by atoms with E-state index in [1.807, 2.05) is 0 Å². The number of nitrogens with zero attached hydrogens (tertiary/aromatic N) is 2. The number of nitro groups is 1. The number of carbonyl (C=O) groups is 2. The number of carbonyl (C=O) groups excluding carboxylic acids is 2.